The lowest BCUT2D eigenvalue weighted by atomic mass is 10.5. The van der Waals surface area contributed by atoms with Crippen LogP contribution in [0, 0.1) is 0 Å². The highest BCUT2D eigenvalue weighted by molar-refractivity contribution is 5.19. The maximum absolute atomic E-state index is 5.40. The first kappa shape index (κ1) is 11.2. The molecule has 0 unspecified atom stereocenters. The molecule has 0 fully saturated rings. The molecule has 2 heterocycles. The van der Waals surface area contributed by atoms with Gasteiger partial charge in [-0.2, -0.15) is 4.98 Å². The lowest BCUT2D eigenvalue weighted by Gasteiger charge is -2.06. The quantitative estimate of drug-likeness (QED) is 0.656. The van der Waals surface area contributed by atoms with Gasteiger partial charge >= 0.3 is 0 Å². The zero-order valence-electron chi connectivity index (χ0n) is 9.05. The Morgan fingerprint density at radius 3 is 1.81 bits per heavy atom. The fourth-order valence-electron chi connectivity index (χ4n) is 1.29. The van der Waals surface area contributed by atoms with Crippen LogP contribution in [0.3, 0.4) is 0 Å². The number of aromatic nitrogens is 1. The molecule has 0 aliphatic carbocycles. The van der Waals surface area contributed by atoms with Crippen LogP contribution < -0.4 is 9.47 Å². The summed E-state index contributed by atoms with van der Waals surface area (Å²) in [5, 5.41) is 0. The summed E-state index contributed by atoms with van der Waals surface area (Å²) in [6.45, 7) is 3.20. The van der Waals surface area contributed by atoms with Gasteiger partial charge in [-0.1, -0.05) is 6.07 Å². The molecule has 0 atom stereocenters. The van der Waals surface area contributed by atoms with Crippen LogP contribution in [-0.4, -0.2) is 44.6 Å². The lowest BCUT2D eigenvalue weighted by molar-refractivity contribution is 0.0286. The Morgan fingerprint density at radius 2 is 1.25 bits per heavy atom. The Kier molecular flexibility index (Phi) is 4.39. The van der Waals surface area contributed by atoms with E-state index in [2.05, 4.69) is 4.98 Å². The van der Waals surface area contributed by atoms with Crippen LogP contribution in [-0.2, 0) is 9.47 Å². The van der Waals surface area contributed by atoms with E-state index < -0.39 is 0 Å². The van der Waals surface area contributed by atoms with E-state index in [1.165, 1.54) is 0 Å². The van der Waals surface area contributed by atoms with Gasteiger partial charge in [0.2, 0.25) is 11.8 Å². The van der Waals surface area contributed by atoms with Crippen molar-refractivity contribution < 1.29 is 18.9 Å². The van der Waals surface area contributed by atoms with Crippen LogP contribution in [0.5, 0.6) is 11.8 Å². The molecule has 1 aromatic heterocycles. The minimum Gasteiger partial charge on any atom is -0.475 e. The van der Waals surface area contributed by atoms with Gasteiger partial charge in [-0.15, -0.1) is 0 Å². The number of rotatable bonds is 0. The molecule has 2 rings (SSSR count). The number of nitrogens with zero attached hydrogens (tertiary/aromatic N) is 1. The summed E-state index contributed by atoms with van der Waals surface area (Å²) in [5.74, 6) is 1.11. The van der Waals surface area contributed by atoms with Gasteiger partial charge in [0, 0.05) is 12.1 Å². The van der Waals surface area contributed by atoms with E-state index in [9.17, 15) is 0 Å². The third-order valence-electron chi connectivity index (χ3n) is 2.03. The maximum Gasteiger partial charge on any atom is 0.216 e. The van der Waals surface area contributed by atoms with Crippen molar-refractivity contribution in [3.63, 3.8) is 0 Å². The van der Waals surface area contributed by atoms with Crippen molar-refractivity contribution in [3.8, 4) is 11.8 Å². The molecule has 2 bridgehead atoms. The number of hydrogen-bond donors (Lipinski definition) is 0. The zero-order chi connectivity index (χ0) is 11.1. The molecule has 1 aromatic rings. The highest BCUT2D eigenvalue weighted by Gasteiger charge is 2.01. The van der Waals surface area contributed by atoms with Crippen LogP contribution >= 0.6 is 0 Å². The van der Waals surface area contributed by atoms with E-state index >= 15 is 0 Å². The molecule has 0 spiro atoms. The average Bonchev–Trinajstić information content (AvgIpc) is 2.32. The number of ether oxygens (including phenoxy) is 4. The fourth-order valence-corrected chi connectivity index (χ4v) is 1.29. The van der Waals surface area contributed by atoms with Gasteiger partial charge in [0.15, 0.2) is 0 Å². The molecule has 88 valence electrons. The van der Waals surface area contributed by atoms with E-state index in [0.717, 1.165) is 0 Å². The predicted molar refractivity (Wildman–Crippen MR) is 56.9 cm³/mol. The highest BCUT2D eigenvalue weighted by atomic mass is 16.6. The molecule has 0 radical (unpaired) electrons. The van der Waals surface area contributed by atoms with Gasteiger partial charge in [-0.05, 0) is 0 Å². The third kappa shape index (κ3) is 3.67. The predicted octanol–water partition coefficient (Wildman–Crippen LogP) is 0.886. The SMILES string of the molecule is c1cc2nc(c1)OCCOCCOCCO2. The van der Waals surface area contributed by atoms with Gasteiger partial charge in [-0.25, -0.2) is 0 Å². The molecule has 16 heavy (non-hydrogen) atoms. The van der Waals surface area contributed by atoms with Gasteiger partial charge in [0.25, 0.3) is 0 Å². The van der Waals surface area contributed by atoms with Crippen molar-refractivity contribution in [3.05, 3.63) is 18.2 Å². The molecule has 0 saturated carbocycles. The smallest absolute Gasteiger partial charge is 0.216 e. The monoisotopic (exact) mass is 225 g/mol. The van der Waals surface area contributed by atoms with Crippen molar-refractivity contribution >= 4 is 0 Å². The molecular weight excluding hydrogens is 210 g/mol. The Labute approximate surface area is 94.3 Å². The Morgan fingerprint density at radius 1 is 0.750 bits per heavy atom. The number of pyridine rings is 1. The van der Waals surface area contributed by atoms with E-state index in [-0.39, 0.29) is 0 Å². The second-order valence-electron chi connectivity index (χ2n) is 3.24. The van der Waals surface area contributed by atoms with Crippen molar-refractivity contribution in [1.29, 1.82) is 0 Å². The standard InChI is InChI=1S/C11H15NO4/c1-2-10-12-11(3-1)16-9-7-14-5-4-13-6-8-15-10/h1-3H,4-9H2. The van der Waals surface area contributed by atoms with Crippen molar-refractivity contribution in [2.75, 3.05) is 39.6 Å². The Hall–Kier alpha value is -1.33. The van der Waals surface area contributed by atoms with Crippen LogP contribution in [0.1, 0.15) is 0 Å². The normalized spacial score (nSPS) is 18.2. The van der Waals surface area contributed by atoms with Crippen molar-refractivity contribution in [1.82, 2.24) is 4.98 Å². The zero-order valence-corrected chi connectivity index (χ0v) is 9.05. The summed E-state index contributed by atoms with van der Waals surface area (Å²) in [4.78, 5) is 4.18. The minimum atomic E-state index is 0.483. The summed E-state index contributed by atoms with van der Waals surface area (Å²) < 4.78 is 21.4. The first-order chi connectivity index (χ1) is 7.95. The maximum atomic E-state index is 5.40. The van der Waals surface area contributed by atoms with Crippen LogP contribution in [0.25, 0.3) is 0 Å². The van der Waals surface area contributed by atoms with Crippen LogP contribution in [0.4, 0.5) is 0 Å². The molecule has 0 N–H and O–H groups in total. The Balaban J connectivity index is 1.95. The number of fused-ring (bicyclic) bond motifs is 2. The van der Waals surface area contributed by atoms with Gasteiger partial charge in [0.05, 0.1) is 26.4 Å². The summed E-state index contributed by atoms with van der Waals surface area (Å²) >= 11 is 0. The summed E-state index contributed by atoms with van der Waals surface area (Å²) in [6.07, 6.45) is 0. The minimum absolute atomic E-state index is 0.483. The van der Waals surface area contributed by atoms with Crippen molar-refractivity contribution in [2.24, 2.45) is 0 Å². The third-order valence-corrected chi connectivity index (χ3v) is 2.03. The Bertz CT molecular complexity index is 291. The largest absolute Gasteiger partial charge is 0.475 e. The number of hydrogen-bond acceptors (Lipinski definition) is 5. The molecule has 0 aromatic carbocycles. The van der Waals surface area contributed by atoms with Gasteiger partial charge in [0.1, 0.15) is 13.2 Å². The second-order valence-corrected chi connectivity index (χ2v) is 3.24. The first-order valence-electron chi connectivity index (χ1n) is 5.33. The molecule has 1 aliphatic rings. The summed E-state index contributed by atoms with van der Waals surface area (Å²) in [5.41, 5.74) is 0. The molecule has 0 saturated heterocycles. The average molecular weight is 225 g/mol. The van der Waals surface area contributed by atoms with Gasteiger partial charge < -0.3 is 18.9 Å². The fraction of sp³-hybridized carbons (Fsp3) is 0.545. The van der Waals surface area contributed by atoms with Crippen LogP contribution in [0.2, 0.25) is 0 Å². The van der Waals surface area contributed by atoms with E-state index in [1.807, 2.05) is 6.07 Å². The summed E-state index contributed by atoms with van der Waals surface area (Å²) in [7, 11) is 0. The second kappa shape index (κ2) is 6.30. The van der Waals surface area contributed by atoms with Gasteiger partial charge in [-0.3, -0.25) is 0 Å². The molecule has 5 nitrogen and oxygen atoms in total. The van der Waals surface area contributed by atoms with E-state index in [1.54, 1.807) is 12.1 Å². The topological polar surface area (TPSA) is 49.8 Å². The van der Waals surface area contributed by atoms with Crippen molar-refractivity contribution in [2.45, 2.75) is 0 Å². The summed E-state index contributed by atoms with van der Waals surface area (Å²) in [6, 6.07) is 5.44. The lowest BCUT2D eigenvalue weighted by Crippen LogP contribution is -2.12. The molecular formula is C11H15NO4. The van der Waals surface area contributed by atoms with E-state index in [4.69, 9.17) is 18.9 Å². The van der Waals surface area contributed by atoms with E-state index in [0.29, 0.717) is 51.4 Å². The van der Waals surface area contributed by atoms with Crippen LogP contribution in [0.15, 0.2) is 18.2 Å². The highest BCUT2D eigenvalue weighted by Crippen LogP contribution is 2.13. The first-order valence-corrected chi connectivity index (χ1v) is 5.33. The molecule has 0 amide bonds. The molecule has 1 aliphatic heterocycles. The molecule has 5 heteroatoms.